The van der Waals surface area contributed by atoms with Crippen LogP contribution in [-0.4, -0.2) is 30.9 Å². The molecule has 1 N–H and O–H groups in total. The van der Waals surface area contributed by atoms with Gasteiger partial charge in [0.1, 0.15) is 0 Å². The number of amides is 2. The normalized spacial score (nSPS) is 16.1. The second kappa shape index (κ2) is 8.84. The molecule has 29 heavy (non-hydrogen) atoms. The van der Waals surface area contributed by atoms with E-state index in [-0.39, 0.29) is 23.9 Å². The Labute approximate surface area is 178 Å². The van der Waals surface area contributed by atoms with Crippen LogP contribution < -0.4 is 10.2 Å². The number of nitrogens with zero attached hydrogens (tertiary/aromatic N) is 1. The van der Waals surface area contributed by atoms with Crippen LogP contribution in [0.4, 0.5) is 11.4 Å². The standard InChI is InChI=1S/C21H20Cl2N2O4/c1-12-4-3-5-13(2)20(12)25-10-14(8-19(25)27)21(28)29-11-18(26)24-17-7-6-15(22)9-16(17)23/h3-7,9,14H,8,10-11H2,1-2H3,(H,24,26)/t14-/m0/s1. The molecule has 0 aliphatic carbocycles. The number of esters is 1. The molecule has 6 nitrogen and oxygen atoms in total. The molecule has 0 bridgehead atoms. The highest BCUT2D eigenvalue weighted by atomic mass is 35.5. The number of carbonyl (C=O) groups excluding carboxylic acids is 3. The van der Waals surface area contributed by atoms with Crippen LogP contribution in [0.25, 0.3) is 0 Å². The summed E-state index contributed by atoms with van der Waals surface area (Å²) in [6.45, 7) is 3.61. The Hall–Kier alpha value is -2.57. The molecule has 0 saturated carbocycles. The minimum atomic E-state index is -0.617. The number of hydrogen-bond donors (Lipinski definition) is 1. The van der Waals surface area contributed by atoms with Crippen molar-refractivity contribution in [2.45, 2.75) is 20.3 Å². The monoisotopic (exact) mass is 434 g/mol. The van der Waals surface area contributed by atoms with Gasteiger partial charge >= 0.3 is 5.97 Å². The van der Waals surface area contributed by atoms with Crippen LogP contribution in [-0.2, 0) is 19.1 Å². The van der Waals surface area contributed by atoms with Gasteiger partial charge in [-0.1, -0.05) is 41.4 Å². The fourth-order valence-corrected chi connectivity index (χ4v) is 3.80. The van der Waals surface area contributed by atoms with Crippen LogP contribution in [0.3, 0.4) is 0 Å². The number of halogens is 2. The lowest BCUT2D eigenvalue weighted by molar-refractivity contribution is -0.151. The highest BCUT2D eigenvalue weighted by Crippen LogP contribution is 2.31. The number of nitrogens with one attached hydrogen (secondary N) is 1. The second-order valence-electron chi connectivity index (χ2n) is 6.93. The first-order chi connectivity index (χ1) is 13.8. The number of para-hydroxylation sites is 1. The Bertz CT molecular complexity index is 957. The molecule has 2 amide bonds. The third kappa shape index (κ3) is 4.89. The van der Waals surface area contributed by atoms with Gasteiger partial charge < -0.3 is 15.0 Å². The van der Waals surface area contributed by atoms with Gasteiger partial charge in [0.25, 0.3) is 5.91 Å². The SMILES string of the molecule is Cc1cccc(C)c1N1C[C@@H](C(=O)OCC(=O)Nc2ccc(Cl)cc2Cl)CC1=O. The topological polar surface area (TPSA) is 75.7 Å². The molecule has 0 spiro atoms. The zero-order valence-electron chi connectivity index (χ0n) is 16.0. The largest absolute Gasteiger partial charge is 0.455 e. The molecule has 8 heteroatoms. The van der Waals surface area contributed by atoms with E-state index in [4.69, 9.17) is 27.9 Å². The molecular weight excluding hydrogens is 415 g/mol. The molecule has 0 radical (unpaired) electrons. The molecule has 1 atom stereocenters. The van der Waals surface area contributed by atoms with Gasteiger partial charge in [0.15, 0.2) is 6.61 Å². The van der Waals surface area contributed by atoms with Crippen molar-refractivity contribution in [2.24, 2.45) is 5.92 Å². The fourth-order valence-electron chi connectivity index (χ4n) is 3.34. The fraction of sp³-hybridized carbons (Fsp3) is 0.286. The first kappa shape index (κ1) is 21.1. The molecule has 1 fully saturated rings. The molecule has 1 saturated heterocycles. The van der Waals surface area contributed by atoms with Crippen LogP contribution in [0, 0.1) is 19.8 Å². The lowest BCUT2D eigenvalue weighted by atomic mass is 10.1. The molecule has 2 aromatic carbocycles. The van der Waals surface area contributed by atoms with Gasteiger partial charge in [-0.2, -0.15) is 0 Å². The van der Waals surface area contributed by atoms with Crippen LogP contribution in [0.5, 0.6) is 0 Å². The van der Waals surface area contributed by atoms with Gasteiger partial charge in [-0.05, 0) is 43.2 Å². The molecule has 0 aromatic heterocycles. The maximum Gasteiger partial charge on any atom is 0.311 e. The smallest absolute Gasteiger partial charge is 0.311 e. The zero-order chi connectivity index (χ0) is 21.1. The molecule has 152 valence electrons. The number of aryl methyl sites for hydroxylation is 2. The summed E-state index contributed by atoms with van der Waals surface area (Å²) in [4.78, 5) is 38.5. The average Bonchev–Trinajstić information content (AvgIpc) is 3.03. The Morgan fingerprint density at radius 3 is 2.52 bits per heavy atom. The number of benzene rings is 2. The van der Waals surface area contributed by atoms with E-state index in [1.807, 2.05) is 32.0 Å². The average molecular weight is 435 g/mol. The number of carbonyl (C=O) groups is 3. The van der Waals surface area contributed by atoms with E-state index >= 15 is 0 Å². The van der Waals surface area contributed by atoms with E-state index in [2.05, 4.69) is 5.32 Å². The first-order valence-electron chi connectivity index (χ1n) is 9.04. The van der Waals surface area contributed by atoms with E-state index < -0.39 is 24.4 Å². The Morgan fingerprint density at radius 1 is 1.17 bits per heavy atom. The Kier molecular flexibility index (Phi) is 6.45. The van der Waals surface area contributed by atoms with Crippen molar-refractivity contribution in [3.05, 3.63) is 57.6 Å². The van der Waals surface area contributed by atoms with Gasteiger partial charge in [0, 0.05) is 23.7 Å². The molecule has 3 rings (SSSR count). The van der Waals surface area contributed by atoms with Crippen molar-refractivity contribution in [3.63, 3.8) is 0 Å². The minimum absolute atomic E-state index is 0.0528. The summed E-state index contributed by atoms with van der Waals surface area (Å²) in [5.74, 6) is -1.86. The summed E-state index contributed by atoms with van der Waals surface area (Å²) in [5, 5.41) is 3.28. The van der Waals surface area contributed by atoms with Crippen molar-refractivity contribution in [2.75, 3.05) is 23.4 Å². The van der Waals surface area contributed by atoms with Crippen molar-refractivity contribution in [1.82, 2.24) is 0 Å². The number of rotatable bonds is 5. The van der Waals surface area contributed by atoms with E-state index in [0.717, 1.165) is 16.8 Å². The highest BCUT2D eigenvalue weighted by molar-refractivity contribution is 6.36. The maximum atomic E-state index is 12.5. The highest BCUT2D eigenvalue weighted by Gasteiger charge is 2.37. The van der Waals surface area contributed by atoms with Gasteiger partial charge in [-0.3, -0.25) is 14.4 Å². The number of ether oxygens (including phenoxy) is 1. The Balaban J connectivity index is 1.57. The Morgan fingerprint density at radius 2 is 1.86 bits per heavy atom. The van der Waals surface area contributed by atoms with Gasteiger partial charge in [-0.15, -0.1) is 0 Å². The molecular formula is C21H20Cl2N2O4. The van der Waals surface area contributed by atoms with E-state index in [0.29, 0.717) is 10.7 Å². The van der Waals surface area contributed by atoms with Gasteiger partial charge in [-0.25, -0.2) is 0 Å². The summed E-state index contributed by atoms with van der Waals surface area (Å²) in [7, 11) is 0. The van der Waals surface area contributed by atoms with Crippen LogP contribution in [0.15, 0.2) is 36.4 Å². The van der Waals surface area contributed by atoms with Crippen molar-refractivity contribution in [1.29, 1.82) is 0 Å². The van der Waals surface area contributed by atoms with E-state index in [9.17, 15) is 14.4 Å². The minimum Gasteiger partial charge on any atom is -0.455 e. The third-order valence-electron chi connectivity index (χ3n) is 4.72. The van der Waals surface area contributed by atoms with Crippen LogP contribution in [0.1, 0.15) is 17.5 Å². The molecule has 2 aromatic rings. The maximum absolute atomic E-state index is 12.5. The third-order valence-corrected chi connectivity index (χ3v) is 5.27. The van der Waals surface area contributed by atoms with Crippen molar-refractivity contribution < 1.29 is 19.1 Å². The van der Waals surface area contributed by atoms with Gasteiger partial charge in [0.2, 0.25) is 5.91 Å². The van der Waals surface area contributed by atoms with Gasteiger partial charge in [0.05, 0.1) is 16.6 Å². The van der Waals surface area contributed by atoms with Crippen LogP contribution >= 0.6 is 23.2 Å². The lowest BCUT2D eigenvalue weighted by Gasteiger charge is -2.21. The predicted molar refractivity (Wildman–Crippen MR) is 112 cm³/mol. The van der Waals surface area contributed by atoms with Crippen LogP contribution in [0.2, 0.25) is 10.0 Å². The summed E-state index contributed by atoms with van der Waals surface area (Å²) in [5.41, 5.74) is 3.12. The summed E-state index contributed by atoms with van der Waals surface area (Å²) in [6.07, 6.45) is 0.0528. The molecule has 1 aliphatic heterocycles. The summed E-state index contributed by atoms with van der Waals surface area (Å²) in [6, 6.07) is 10.4. The molecule has 0 unspecified atom stereocenters. The predicted octanol–water partition coefficient (Wildman–Crippen LogP) is 4.15. The second-order valence-corrected chi connectivity index (χ2v) is 7.77. The first-order valence-corrected chi connectivity index (χ1v) is 9.80. The quantitative estimate of drug-likeness (QED) is 0.717. The number of anilines is 2. The lowest BCUT2D eigenvalue weighted by Crippen LogP contribution is -2.29. The van der Waals surface area contributed by atoms with Crippen molar-refractivity contribution >= 4 is 52.4 Å². The van der Waals surface area contributed by atoms with E-state index in [1.165, 1.54) is 6.07 Å². The molecule has 1 heterocycles. The van der Waals surface area contributed by atoms with E-state index in [1.54, 1.807) is 17.0 Å². The zero-order valence-corrected chi connectivity index (χ0v) is 17.5. The summed E-state index contributed by atoms with van der Waals surface area (Å²) < 4.78 is 5.12. The summed E-state index contributed by atoms with van der Waals surface area (Å²) >= 11 is 11.8. The van der Waals surface area contributed by atoms with Crippen molar-refractivity contribution in [3.8, 4) is 0 Å². The molecule has 1 aliphatic rings. The number of hydrogen-bond acceptors (Lipinski definition) is 4.